The molecule has 0 spiro atoms. The number of hydrogen-bond acceptors (Lipinski definition) is 3. The lowest BCUT2D eigenvalue weighted by atomic mass is 10.0. The molecule has 0 fully saturated rings. The number of aromatic amines is 1. The molecule has 0 radical (unpaired) electrons. The minimum atomic E-state index is -0.0342. The number of aromatic nitrogens is 5. The average molecular weight is 586 g/mol. The average Bonchev–Trinajstić information content (AvgIpc) is 3.37. The number of rotatable bonds is 4. The van der Waals surface area contributed by atoms with Crippen LogP contribution in [0.1, 0.15) is 5.56 Å². The molecule has 0 amide bonds. The topological polar surface area (TPSA) is 68.5 Å². The first-order chi connectivity index (χ1) is 15.0. The fourth-order valence-electron chi connectivity index (χ4n) is 3.62. The highest BCUT2D eigenvalue weighted by atomic mass is 127. The van der Waals surface area contributed by atoms with E-state index in [1.165, 1.54) is 0 Å². The molecule has 1 N–H and O–H groups in total. The van der Waals surface area contributed by atoms with E-state index in [0.29, 0.717) is 6.54 Å². The van der Waals surface area contributed by atoms with Gasteiger partial charge in [-0.1, -0.05) is 22.0 Å². The molecule has 0 bridgehead atoms. The Bertz CT molecular complexity index is 1480. The van der Waals surface area contributed by atoms with Crippen LogP contribution in [0.15, 0.2) is 76.4 Å². The van der Waals surface area contributed by atoms with Gasteiger partial charge in [0.1, 0.15) is 5.69 Å². The summed E-state index contributed by atoms with van der Waals surface area (Å²) in [5, 5.41) is 12.8. The zero-order valence-electron chi connectivity index (χ0n) is 16.5. The lowest BCUT2D eigenvalue weighted by Gasteiger charge is -2.10. The van der Waals surface area contributed by atoms with E-state index >= 15 is 0 Å². The molecule has 0 unspecified atom stereocenters. The lowest BCUT2D eigenvalue weighted by molar-refractivity contribution is 0.757. The summed E-state index contributed by atoms with van der Waals surface area (Å²) >= 11 is 5.80. The predicted octanol–water partition coefficient (Wildman–Crippen LogP) is 5.21. The van der Waals surface area contributed by atoms with Gasteiger partial charge in [-0.25, -0.2) is 0 Å². The van der Waals surface area contributed by atoms with Gasteiger partial charge in [-0.2, -0.15) is 10.2 Å². The Morgan fingerprint density at radius 3 is 2.68 bits per heavy atom. The minimum absolute atomic E-state index is 0.0342. The maximum absolute atomic E-state index is 12.8. The van der Waals surface area contributed by atoms with Crippen molar-refractivity contribution in [1.82, 2.24) is 24.5 Å². The standard InChI is InChI=1S/C23H17BrIN5O/c1-29-12-17(11-26-29)23-19-9-14(2-5-21(19)27-28-23)15-6-7-30(22(31)10-15)13-16-8-18(24)3-4-20(16)25/h2-12H,13H2,1H3,(H,27,28). The van der Waals surface area contributed by atoms with Crippen LogP contribution in [0.5, 0.6) is 0 Å². The van der Waals surface area contributed by atoms with Crippen LogP contribution >= 0.6 is 38.5 Å². The third-order valence-corrected chi connectivity index (χ3v) is 6.76. The molecule has 6 nitrogen and oxygen atoms in total. The summed E-state index contributed by atoms with van der Waals surface area (Å²) in [7, 11) is 1.88. The van der Waals surface area contributed by atoms with E-state index in [2.05, 4.69) is 65.9 Å². The zero-order valence-corrected chi connectivity index (χ0v) is 20.3. The number of H-pyrrole nitrogens is 1. The second kappa shape index (κ2) is 8.08. The van der Waals surface area contributed by atoms with Crippen LogP contribution in [0.4, 0.5) is 0 Å². The quantitative estimate of drug-likeness (QED) is 0.295. The van der Waals surface area contributed by atoms with Crippen LogP contribution in [0.3, 0.4) is 0 Å². The number of aryl methyl sites for hydroxylation is 1. The molecular formula is C23H17BrIN5O. The maximum Gasteiger partial charge on any atom is 0.251 e. The van der Waals surface area contributed by atoms with Gasteiger partial charge in [0, 0.05) is 44.5 Å². The van der Waals surface area contributed by atoms with E-state index in [9.17, 15) is 4.79 Å². The Morgan fingerprint density at radius 1 is 1.06 bits per heavy atom. The van der Waals surface area contributed by atoms with Crippen molar-refractivity contribution in [3.05, 3.63) is 91.1 Å². The molecule has 0 aliphatic rings. The number of halogens is 2. The summed E-state index contributed by atoms with van der Waals surface area (Å²) in [6.45, 7) is 0.531. The number of nitrogens with zero attached hydrogens (tertiary/aromatic N) is 4. The van der Waals surface area contributed by atoms with Crippen molar-refractivity contribution in [2.24, 2.45) is 7.05 Å². The third-order valence-electron chi connectivity index (χ3n) is 5.22. The van der Waals surface area contributed by atoms with Crippen molar-refractivity contribution >= 4 is 49.4 Å². The van der Waals surface area contributed by atoms with E-state index < -0.39 is 0 Å². The highest BCUT2D eigenvalue weighted by Gasteiger charge is 2.12. The van der Waals surface area contributed by atoms with Crippen LogP contribution in [-0.2, 0) is 13.6 Å². The van der Waals surface area contributed by atoms with E-state index in [-0.39, 0.29) is 5.56 Å². The highest BCUT2D eigenvalue weighted by molar-refractivity contribution is 14.1. The summed E-state index contributed by atoms with van der Waals surface area (Å²) in [4.78, 5) is 12.8. The Hall–Kier alpha value is -2.72. The first-order valence-electron chi connectivity index (χ1n) is 9.60. The molecule has 5 aromatic rings. The van der Waals surface area contributed by atoms with Crippen LogP contribution in [-0.4, -0.2) is 24.5 Å². The van der Waals surface area contributed by atoms with Crippen molar-refractivity contribution in [2.75, 3.05) is 0 Å². The normalized spacial score (nSPS) is 11.3. The number of fused-ring (bicyclic) bond motifs is 1. The number of hydrogen-bond donors (Lipinski definition) is 1. The highest BCUT2D eigenvalue weighted by Crippen LogP contribution is 2.30. The SMILES string of the molecule is Cn1cc(-c2n[nH]c3ccc(-c4ccn(Cc5cc(Br)ccc5I)c(=O)c4)cc23)cn1. The summed E-state index contributed by atoms with van der Waals surface area (Å²) in [5.41, 5.74) is 5.66. The molecule has 0 atom stereocenters. The van der Waals surface area contributed by atoms with E-state index in [0.717, 1.165) is 46.9 Å². The zero-order chi connectivity index (χ0) is 21.5. The summed E-state index contributed by atoms with van der Waals surface area (Å²) in [5.74, 6) is 0. The van der Waals surface area contributed by atoms with Crippen molar-refractivity contribution < 1.29 is 0 Å². The van der Waals surface area contributed by atoms with Gasteiger partial charge >= 0.3 is 0 Å². The van der Waals surface area contributed by atoms with E-state index in [4.69, 9.17) is 0 Å². The molecule has 31 heavy (non-hydrogen) atoms. The minimum Gasteiger partial charge on any atom is -0.311 e. The molecule has 154 valence electrons. The number of nitrogens with one attached hydrogen (secondary N) is 1. The monoisotopic (exact) mass is 585 g/mol. The smallest absolute Gasteiger partial charge is 0.251 e. The largest absolute Gasteiger partial charge is 0.311 e. The van der Waals surface area contributed by atoms with Crippen molar-refractivity contribution in [3.8, 4) is 22.4 Å². The Morgan fingerprint density at radius 2 is 1.90 bits per heavy atom. The fourth-order valence-corrected chi connectivity index (χ4v) is 4.54. The van der Waals surface area contributed by atoms with Crippen LogP contribution in [0.25, 0.3) is 33.3 Å². The second-order valence-corrected chi connectivity index (χ2v) is 9.43. The van der Waals surface area contributed by atoms with Crippen LogP contribution in [0.2, 0.25) is 0 Å². The maximum atomic E-state index is 12.8. The summed E-state index contributed by atoms with van der Waals surface area (Å²) in [6.07, 6.45) is 5.59. The third kappa shape index (κ3) is 3.97. The predicted molar refractivity (Wildman–Crippen MR) is 134 cm³/mol. The molecule has 0 saturated carbocycles. The van der Waals surface area contributed by atoms with Crippen LogP contribution < -0.4 is 5.56 Å². The molecule has 0 aliphatic carbocycles. The molecule has 3 aromatic heterocycles. The molecule has 8 heteroatoms. The first-order valence-corrected chi connectivity index (χ1v) is 11.5. The van der Waals surface area contributed by atoms with E-state index in [1.807, 2.05) is 49.8 Å². The van der Waals surface area contributed by atoms with E-state index in [1.54, 1.807) is 21.5 Å². The fraction of sp³-hybridized carbons (Fsp3) is 0.0870. The van der Waals surface area contributed by atoms with Crippen molar-refractivity contribution in [2.45, 2.75) is 6.54 Å². The first kappa shape index (κ1) is 20.2. The summed E-state index contributed by atoms with van der Waals surface area (Å²) in [6, 6.07) is 15.8. The van der Waals surface area contributed by atoms with Gasteiger partial charge in [0.05, 0.1) is 18.3 Å². The molecule has 2 aromatic carbocycles. The van der Waals surface area contributed by atoms with Gasteiger partial charge in [0.15, 0.2) is 0 Å². The van der Waals surface area contributed by atoms with Crippen LogP contribution in [0, 0.1) is 3.57 Å². The Balaban J connectivity index is 1.51. The second-order valence-electron chi connectivity index (χ2n) is 7.35. The van der Waals surface area contributed by atoms with Crippen molar-refractivity contribution in [1.29, 1.82) is 0 Å². The van der Waals surface area contributed by atoms with Crippen molar-refractivity contribution in [3.63, 3.8) is 0 Å². The van der Waals surface area contributed by atoms with Gasteiger partial charge in [0.2, 0.25) is 0 Å². The molecule has 0 aliphatic heterocycles. The number of benzene rings is 2. The van der Waals surface area contributed by atoms with Gasteiger partial charge in [-0.3, -0.25) is 14.6 Å². The Kier molecular flexibility index (Phi) is 5.27. The molecule has 5 rings (SSSR count). The van der Waals surface area contributed by atoms with Gasteiger partial charge < -0.3 is 4.57 Å². The Labute approximate surface area is 200 Å². The molecule has 0 saturated heterocycles. The van der Waals surface area contributed by atoms with Gasteiger partial charge in [-0.05, 0) is 75.7 Å². The number of pyridine rings is 1. The lowest BCUT2D eigenvalue weighted by Crippen LogP contribution is -2.19. The summed E-state index contributed by atoms with van der Waals surface area (Å²) < 4.78 is 5.62. The van der Waals surface area contributed by atoms with Gasteiger partial charge in [-0.15, -0.1) is 0 Å². The van der Waals surface area contributed by atoms with Gasteiger partial charge in [0.25, 0.3) is 5.56 Å². The molecular weight excluding hydrogens is 569 g/mol. The molecule has 3 heterocycles.